The van der Waals surface area contributed by atoms with Gasteiger partial charge in [0.25, 0.3) is 5.91 Å². The number of ether oxygens (including phenoxy) is 1. The van der Waals surface area contributed by atoms with Crippen molar-refractivity contribution in [3.63, 3.8) is 0 Å². The average Bonchev–Trinajstić information content (AvgIpc) is 3.68. The maximum Gasteiger partial charge on any atom is 0.264 e. The first-order valence-electron chi connectivity index (χ1n) is 12.2. The second-order valence-electron chi connectivity index (χ2n) is 9.61. The van der Waals surface area contributed by atoms with Crippen molar-refractivity contribution in [2.45, 2.75) is 31.8 Å². The van der Waals surface area contributed by atoms with Crippen LogP contribution in [0.5, 0.6) is 5.75 Å². The number of benzene rings is 1. The molecule has 12 heteroatoms. The number of piperidine rings is 1. The molecule has 2 aliphatic heterocycles. The molecule has 0 aliphatic carbocycles. The number of rotatable bonds is 3. The van der Waals surface area contributed by atoms with E-state index in [4.69, 9.17) is 4.74 Å². The number of aromatic nitrogens is 7. The first kappa shape index (κ1) is 22.7. The van der Waals surface area contributed by atoms with Crippen molar-refractivity contribution in [3.8, 4) is 23.0 Å². The van der Waals surface area contributed by atoms with Crippen LogP contribution in [0.15, 0.2) is 48.7 Å². The highest BCUT2D eigenvalue weighted by Gasteiger charge is 2.44. The standard InChI is InChI=1S/C26H21N8O3S/c1-15-17-13-21(38-25(17)34(30-15)22-4-2-3-9-27-22)24(36)33-10-7-26(8-11-33)14-19(35)18-12-16(5-6-20(18)37-26)23-28-31-32-29-23/h2-6,9,12-13H,7-8,10-11,14H2,1H3/q-1. The van der Waals surface area contributed by atoms with Crippen LogP contribution in [0, 0.1) is 6.92 Å². The van der Waals surface area contributed by atoms with Crippen molar-refractivity contribution in [2.24, 2.45) is 0 Å². The van der Waals surface area contributed by atoms with Crippen LogP contribution in [0.4, 0.5) is 0 Å². The topological polar surface area (TPSA) is 130 Å². The van der Waals surface area contributed by atoms with E-state index in [-0.39, 0.29) is 18.1 Å². The Labute approximate surface area is 220 Å². The van der Waals surface area contributed by atoms with Crippen molar-refractivity contribution < 1.29 is 14.3 Å². The Morgan fingerprint density at radius 1 is 1.16 bits per heavy atom. The quantitative estimate of drug-likeness (QED) is 0.348. The number of ketones is 1. The summed E-state index contributed by atoms with van der Waals surface area (Å²) in [5.41, 5.74) is 1.43. The highest BCUT2D eigenvalue weighted by atomic mass is 32.1. The predicted octanol–water partition coefficient (Wildman–Crippen LogP) is 3.24. The van der Waals surface area contributed by atoms with E-state index < -0.39 is 5.60 Å². The molecule has 6 heterocycles. The Morgan fingerprint density at radius 2 is 2.03 bits per heavy atom. The predicted molar refractivity (Wildman–Crippen MR) is 138 cm³/mol. The number of nitrogens with zero attached hydrogens (tertiary/aromatic N) is 8. The number of likely N-dealkylation sites (tertiary alicyclic amines) is 1. The number of amides is 1. The molecule has 1 aromatic carbocycles. The summed E-state index contributed by atoms with van der Waals surface area (Å²) < 4.78 is 8.20. The molecule has 0 N–H and O–H groups in total. The molecule has 4 aromatic heterocycles. The fourth-order valence-corrected chi connectivity index (χ4v) is 6.37. The highest BCUT2D eigenvalue weighted by molar-refractivity contribution is 7.20. The summed E-state index contributed by atoms with van der Waals surface area (Å²) in [5, 5.41) is 20.3. The molecule has 0 saturated carbocycles. The number of tetrazole rings is 1. The van der Waals surface area contributed by atoms with E-state index in [9.17, 15) is 9.59 Å². The molecular weight excluding hydrogens is 504 g/mol. The molecule has 0 unspecified atom stereocenters. The van der Waals surface area contributed by atoms with Gasteiger partial charge in [-0.25, -0.2) is 9.67 Å². The highest BCUT2D eigenvalue weighted by Crippen LogP contribution is 2.41. The van der Waals surface area contributed by atoms with Gasteiger partial charge in [-0.3, -0.25) is 19.9 Å². The number of carbonyl (C=O) groups excluding carboxylic acids is 2. The Bertz CT molecular complexity index is 1680. The molecule has 11 nitrogen and oxygen atoms in total. The first-order valence-corrected chi connectivity index (χ1v) is 13.1. The van der Waals surface area contributed by atoms with Gasteiger partial charge in [-0.2, -0.15) is 10.3 Å². The van der Waals surface area contributed by atoms with Crippen LogP contribution < -0.4 is 9.84 Å². The van der Waals surface area contributed by atoms with Gasteiger partial charge >= 0.3 is 0 Å². The van der Waals surface area contributed by atoms with Gasteiger partial charge in [0.2, 0.25) is 0 Å². The van der Waals surface area contributed by atoms with E-state index in [1.54, 1.807) is 29.1 Å². The summed E-state index contributed by atoms with van der Waals surface area (Å²) in [6, 6.07) is 12.9. The normalized spacial score (nSPS) is 16.6. The third-order valence-electron chi connectivity index (χ3n) is 7.25. The minimum Gasteiger partial charge on any atom is -0.486 e. The Kier molecular flexibility index (Phi) is 5.11. The van der Waals surface area contributed by atoms with E-state index in [0.29, 0.717) is 59.3 Å². The number of hydrogen-bond donors (Lipinski definition) is 0. The number of pyridine rings is 1. The lowest BCUT2D eigenvalue weighted by Crippen LogP contribution is -2.52. The molecule has 0 bridgehead atoms. The number of hydrogen-bond acceptors (Lipinski definition) is 9. The van der Waals surface area contributed by atoms with Crippen LogP contribution >= 0.6 is 11.3 Å². The zero-order valence-corrected chi connectivity index (χ0v) is 21.2. The third-order valence-corrected chi connectivity index (χ3v) is 8.35. The molecule has 7 rings (SSSR count). The second-order valence-corrected chi connectivity index (χ2v) is 10.6. The maximum atomic E-state index is 13.5. The molecule has 38 heavy (non-hydrogen) atoms. The van der Waals surface area contributed by atoms with Crippen LogP contribution in [-0.2, 0) is 0 Å². The molecule has 1 amide bonds. The van der Waals surface area contributed by atoms with Gasteiger partial charge in [0.1, 0.15) is 16.2 Å². The fraction of sp³-hybridized carbons (Fsp3) is 0.269. The summed E-state index contributed by atoms with van der Waals surface area (Å²) >= 11 is 1.42. The Hall–Kier alpha value is -4.45. The zero-order valence-electron chi connectivity index (χ0n) is 20.4. The smallest absolute Gasteiger partial charge is 0.264 e. The second kappa shape index (κ2) is 8.55. The van der Waals surface area contributed by atoms with Crippen molar-refractivity contribution >= 4 is 33.2 Å². The van der Waals surface area contributed by atoms with Crippen molar-refractivity contribution in [1.29, 1.82) is 0 Å². The zero-order chi connectivity index (χ0) is 25.9. The summed E-state index contributed by atoms with van der Waals surface area (Å²) in [6.07, 6.45) is 3.16. The summed E-state index contributed by atoms with van der Waals surface area (Å²) in [6.45, 7) is 2.96. The summed E-state index contributed by atoms with van der Waals surface area (Å²) in [4.78, 5) is 34.4. The number of thiophene rings is 1. The third kappa shape index (κ3) is 3.67. The molecular formula is C26H21N8O3S-. The molecule has 190 valence electrons. The maximum absolute atomic E-state index is 13.5. The minimum absolute atomic E-state index is 0.0133. The molecule has 1 spiro atoms. The SMILES string of the molecule is Cc1nn(-c2ccccn2)c2sc(C(=O)N3CCC4(CC3)CC(=O)c3cc(-c5nnn[n-]5)ccc3O4)cc12. The number of aryl methyl sites for hydroxylation is 1. The van der Waals surface area contributed by atoms with Gasteiger partial charge in [0.15, 0.2) is 11.6 Å². The molecule has 1 fully saturated rings. The van der Waals surface area contributed by atoms with Gasteiger partial charge in [-0.15, -0.1) is 11.3 Å². The van der Waals surface area contributed by atoms with Crippen molar-refractivity contribution in [1.82, 2.24) is 40.3 Å². The van der Waals surface area contributed by atoms with Gasteiger partial charge in [0, 0.05) is 43.3 Å². The largest absolute Gasteiger partial charge is 0.486 e. The van der Waals surface area contributed by atoms with E-state index in [0.717, 1.165) is 15.9 Å². The monoisotopic (exact) mass is 525 g/mol. The number of carbonyl (C=O) groups is 2. The van der Waals surface area contributed by atoms with E-state index in [2.05, 4.69) is 30.7 Å². The van der Waals surface area contributed by atoms with Crippen molar-refractivity contribution in [2.75, 3.05) is 13.1 Å². The number of fused-ring (bicyclic) bond motifs is 2. The van der Waals surface area contributed by atoms with Crippen molar-refractivity contribution in [3.05, 3.63) is 64.8 Å². The lowest BCUT2D eigenvalue weighted by atomic mass is 9.82. The molecule has 1 saturated heterocycles. The van der Waals surface area contributed by atoms with Crippen LogP contribution in [0.25, 0.3) is 27.4 Å². The number of Topliss-reactive ketones (excluding diaryl/α,β-unsaturated/α-hetero) is 1. The van der Waals surface area contributed by atoms with Gasteiger partial charge in [-0.05, 0) is 42.8 Å². The average molecular weight is 526 g/mol. The van der Waals surface area contributed by atoms with E-state index >= 15 is 0 Å². The van der Waals surface area contributed by atoms with Gasteiger partial charge in [0.05, 0.1) is 22.6 Å². The Balaban J connectivity index is 1.09. The lowest BCUT2D eigenvalue weighted by molar-refractivity contribution is -0.00557. The van der Waals surface area contributed by atoms with Crippen LogP contribution in [0.1, 0.15) is 45.0 Å². The summed E-state index contributed by atoms with van der Waals surface area (Å²) in [5.74, 6) is 1.64. The van der Waals surface area contributed by atoms with E-state index in [1.807, 2.05) is 36.1 Å². The van der Waals surface area contributed by atoms with Gasteiger partial charge in [-0.1, -0.05) is 12.1 Å². The Morgan fingerprint density at radius 3 is 2.79 bits per heavy atom. The first-order chi connectivity index (χ1) is 18.5. The van der Waals surface area contributed by atoms with Crippen LogP contribution in [0.3, 0.4) is 0 Å². The lowest BCUT2D eigenvalue weighted by Gasteiger charge is -2.44. The van der Waals surface area contributed by atoms with Crippen LogP contribution in [-0.4, -0.2) is 65.6 Å². The minimum atomic E-state index is -0.613. The van der Waals surface area contributed by atoms with Gasteiger partial charge < -0.3 is 14.7 Å². The van der Waals surface area contributed by atoms with Crippen LogP contribution in [0.2, 0.25) is 0 Å². The summed E-state index contributed by atoms with van der Waals surface area (Å²) in [7, 11) is 0. The molecule has 0 radical (unpaired) electrons. The molecule has 2 aliphatic rings. The molecule has 5 aromatic rings. The van der Waals surface area contributed by atoms with E-state index in [1.165, 1.54) is 11.3 Å². The molecule has 0 atom stereocenters. The fourth-order valence-electron chi connectivity index (χ4n) is 5.23.